The first-order valence-electron chi connectivity index (χ1n) is 6.77. The maximum atomic E-state index is 11.7. The van der Waals surface area contributed by atoms with Crippen molar-refractivity contribution in [2.24, 2.45) is 0 Å². The number of anilines is 1. The van der Waals surface area contributed by atoms with Crippen molar-refractivity contribution >= 4 is 17.5 Å². The molecule has 2 amide bonds. The van der Waals surface area contributed by atoms with Crippen LogP contribution < -0.4 is 20.1 Å². The summed E-state index contributed by atoms with van der Waals surface area (Å²) < 4.78 is 15.5. The van der Waals surface area contributed by atoms with Crippen LogP contribution in [0.2, 0.25) is 0 Å². The molecule has 2 rings (SSSR count). The lowest BCUT2D eigenvalue weighted by Crippen LogP contribution is -2.36. The first-order chi connectivity index (χ1) is 10.2. The van der Waals surface area contributed by atoms with Gasteiger partial charge in [0.15, 0.2) is 11.5 Å². The molecule has 0 spiro atoms. The van der Waals surface area contributed by atoms with Crippen LogP contribution in [0.5, 0.6) is 11.5 Å². The zero-order valence-corrected chi connectivity index (χ0v) is 11.8. The molecule has 2 N–H and O–H groups in total. The molecule has 0 aromatic heterocycles. The minimum atomic E-state index is -0.717. The molecule has 0 atom stereocenters. The second kappa shape index (κ2) is 7.49. The van der Waals surface area contributed by atoms with Crippen LogP contribution in [0.25, 0.3) is 0 Å². The van der Waals surface area contributed by atoms with Gasteiger partial charge in [-0.3, -0.25) is 9.59 Å². The minimum Gasteiger partial charge on any atom is -0.454 e. The molecular formula is C14H18N2O5. The van der Waals surface area contributed by atoms with Gasteiger partial charge in [-0.15, -0.1) is 0 Å². The fourth-order valence-electron chi connectivity index (χ4n) is 1.76. The molecule has 0 saturated heterocycles. The smallest absolute Gasteiger partial charge is 0.313 e. The summed E-state index contributed by atoms with van der Waals surface area (Å²) in [7, 11) is 0. The average Bonchev–Trinajstić information content (AvgIpc) is 2.94. The molecular weight excluding hydrogens is 276 g/mol. The third kappa shape index (κ3) is 4.35. The Morgan fingerprint density at radius 1 is 1.24 bits per heavy atom. The van der Waals surface area contributed by atoms with Gasteiger partial charge in [-0.05, 0) is 25.5 Å². The summed E-state index contributed by atoms with van der Waals surface area (Å²) in [5.41, 5.74) is 0.480. The van der Waals surface area contributed by atoms with Crippen molar-refractivity contribution in [3.05, 3.63) is 18.2 Å². The lowest BCUT2D eigenvalue weighted by atomic mass is 10.2. The van der Waals surface area contributed by atoms with Crippen LogP contribution in [0.15, 0.2) is 18.2 Å². The molecule has 0 fully saturated rings. The lowest BCUT2D eigenvalue weighted by molar-refractivity contribution is -0.136. The number of rotatable bonds is 6. The van der Waals surface area contributed by atoms with Crippen LogP contribution in [0.4, 0.5) is 5.69 Å². The molecule has 0 bridgehead atoms. The highest BCUT2D eigenvalue weighted by molar-refractivity contribution is 6.39. The summed E-state index contributed by atoms with van der Waals surface area (Å²) in [4.78, 5) is 23.3. The van der Waals surface area contributed by atoms with Gasteiger partial charge in [-0.25, -0.2) is 0 Å². The van der Waals surface area contributed by atoms with Crippen LogP contribution in [-0.4, -0.2) is 38.4 Å². The molecule has 1 heterocycles. The van der Waals surface area contributed by atoms with Gasteiger partial charge in [0.25, 0.3) is 0 Å². The standard InChI is InChI=1S/C14H18N2O5/c1-2-19-7-3-6-15-13(17)14(18)16-10-4-5-11-12(8-10)21-9-20-11/h4-5,8H,2-3,6-7,9H2,1H3,(H,15,17)(H,16,18). The molecule has 7 heteroatoms. The van der Waals surface area contributed by atoms with Gasteiger partial charge >= 0.3 is 11.8 Å². The maximum Gasteiger partial charge on any atom is 0.313 e. The molecule has 7 nitrogen and oxygen atoms in total. The van der Waals surface area contributed by atoms with Gasteiger partial charge in [0.1, 0.15) is 0 Å². The van der Waals surface area contributed by atoms with Crippen molar-refractivity contribution in [1.82, 2.24) is 5.32 Å². The van der Waals surface area contributed by atoms with Gasteiger partial charge in [0.2, 0.25) is 6.79 Å². The normalized spacial score (nSPS) is 12.0. The molecule has 0 unspecified atom stereocenters. The fraction of sp³-hybridized carbons (Fsp3) is 0.429. The summed E-state index contributed by atoms with van der Waals surface area (Å²) in [6.45, 7) is 3.65. The van der Waals surface area contributed by atoms with Gasteiger partial charge in [0.05, 0.1) is 0 Å². The van der Waals surface area contributed by atoms with Crippen LogP contribution in [-0.2, 0) is 14.3 Å². The van der Waals surface area contributed by atoms with E-state index in [9.17, 15) is 9.59 Å². The quantitative estimate of drug-likeness (QED) is 0.601. The Labute approximate surface area is 122 Å². The molecule has 21 heavy (non-hydrogen) atoms. The third-order valence-electron chi connectivity index (χ3n) is 2.79. The van der Waals surface area contributed by atoms with Crippen molar-refractivity contribution < 1.29 is 23.8 Å². The molecule has 0 saturated carbocycles. The zero-order chi connectivity index (χ0) is 15.1. The van der Waals surface area contributed by atoms with Crippen molar-refractivity contribution in [2.45, 2.75) is 13.3 Å². The van der Waals surface area contributed by atoms with E-state index in [1.807, 2.05) is 6.92 Å². The van der Waals surface area contributed by atoms with E-state index in [0.717, 1.165) is 0 Å². The highest BCUT2D eigenvalue weighted by Crippen LogP contribution is 2.34. The van der Waals surface area contributed by atoms with Crippen LogP contribution in [0.3, 0.4) is 0 Å². The first kappa shape index (κ1) is 15.1. The molecule has 1 aromatic rings. The van der Waals surface area contributed by atoms with E-state index in [4.69, 9.17) is 14.2 Å². The van der Waals surface area contributed by atoms with E-state index in [1.165, 1.54) is 0 Å². The summed E-state index contributed by atoms with van der Waals surface area (Å²) in [6.07, 6.45) is 0.664. The molecule has 0 aliphatic carbocycles. The minimum absolute atomic E-state index is 0.160. The number of benzene rings is 1. The van der Waals surface area contributed by atoms with Crippen LogP contribution in [0.1, 0.15) is 13.3 Å². The number of ether oxygens (including phenoxy) is 3. The summed E-state index contributed by atoms with van der Waals surface area (Å²) in [5.74, 6) is -0.229. The Bertz CT molecular complexity index is 518. The lowest BCUT2D eigenvalue weighted by Gasteiger charge is -2.07. The fourth-order valence-corrected chi connectivity index (χ4v) is 1.76. The topological polar surface area (TPSA) is 85.9 Å². The number of hydrogen-bond acceptors (Lipinski definition) is 5. The van der Waals surface area contributed by atoms with E-state index in [1.54, 1.807) is 18.2 Å². The monoisotopic (exact) mass is 294 g/mol. The molecule has 1 aromatic carbocycles. The van der Waals surface area contributed by atoms with Crippen molar-refractivity contribution in [2.75, 3.05) is 31.9 Å². The second-order valence-corrected chi connectivity index (χ2v) is 4.33. The van der Waals surface area contributed by atoms with E-state index < -0.39 is 11.8 Å². The van der Waals surface area contributed by atoms with E-state index in [0.29, 0.717) is 43.4 Å². The van der Waals surface area contributed by atoms with Crippen molar-refractivity contribution in [1.29, 1.82) is 0 Å². The van der Waals surface area contributed by atoms with Gasteiger partial charge in [0, 0.05) is 31.5 Å². The predicted molar refractivity (Wildman–Crippen MR) is 75.3 cm³/mol. The Kier molecular flexibility index (Phi) is 5.39. The zero-order valence-electron chi connectivity index (χ0n) is 11.8. The molecule has 1 aliphatic heterocycles. The summed E-state index contributed by atoms with van der Waals surface area (Å²) in [5, 5.41) is 5.03. The third-order valence-corrected chi connectivity index (χ3v) is 2.79. The van der Waals surface area contributed by atoms with Gasteiger partial charge in [-0.2, -0.15) is 0 Å². The van der Waals surface area contributed by atoms with Gasteiger partial charge < -0.3 is 24.8 Å². The average molecular weight is 294 g/mol. The molecule has 1 aliphatic rings. The molecule has 114 valence electrons. The second-order valence-electron chi connectivity index (χ2n) is 4.33. The Balaban J connectivity index is 1.77. The van der Waals surface area contributed by atoms with Gasteiger partial charge in [-0.1, -0.05) is 0 Å². The first-order valence-corrected chi connectivity index (χ1v) is 6.77. The number of hydrogen-bond donors (Lipinski definition) is 2. The Morgan fingerprint density at radius 2 is 2.05 bits per heavy atom. The SMILES string of the molecule is CCOCCCNC(=O)C(=O)Nc1ccc2c(c1)OCO2. The number of fused-ring (bicyclic) bond motifs is 1. The van der Waals surface area contributed by atoms with Crippen molar-refractivity contribution in [3.63, 3.8) is 0 Å². The number of carbonyl (C=O) groups excluding carboxylic acids is 2. The van der Waals surface area contributed by atoms with E-state index >= 15 is 0 Å². The van der Waals surface area contributed by atoms with E-state index in [2.05, 4.69) is 10.6 Å². The maximum absolute atomic E-state index is 11.7. The Morgan fingerprint density at radius 3 is 2.86 bits per heavy atom. The number of amides is 2. The highest BCUT2D eigenvalue weighted by Gasteiger charge is 2.16. The predicted octanol–water partition coefficient (Wildman–Crippen LogP) is 0.897. The van der Waals surface area contributed by atoms with Crippen LogP contribution >= 0.6 is 0 Å². The van der Waals surface area contributed by atoms with Crippen molar-refractivity contribution in [3.8, 4) is 11.5 Å². The summed E-state index contributed by atoms with van der Waals surface area (Å²) in [6, 6.07) is 4.94. The number of carbonyl (C=O) groups is 2. The largest absolute Gasteiger partial charge is 0.454 e. The van der Waals surface area contributed by atoms with E-state index in [-0.39, 0.29) is 6.79 Å². The Hall–Kier alpha value is -2.28. The molecule has 0 radical (unpaired) electrons. The van der Waals surface area contributed by atoms with Crippen LogP contribution in [0, 0.1) is 0 Å². The number of nitrogens with one attached hydrogen (secondary N) is 2. The highest BCUT2D eigenvalue weighted by atomic mass is 16.7. The summed E-state index contributed by atoms with van der Waals surface area (Å²) >= 11 is 0.